The van der Waals surface area contributed by atoms with Gasteiger partial charge in [0, 0.05) is 4.90 Å². The van der Waals surface area contributed by atoms with Crippen molar-refractivity contribution in [1.82, 2.24) is 0 Å². The minimum absolute atomic E-state index is 0.347. The monoisotopic (exact) mass is 190 g/mol. The minimum Gasteiger partial charge on any atom is -0.508 e. The molecule has 0 aliphatic rings. The molecule has 0 aliphatic carbocycles. The van der Waals surface area contributed by atoms with Crippen LogP contribution in [0.5, 0.6) is 5.75 Å². The Balaban J connectivity index is 2.87. The van der Waals surface area contributed by atoms with Crippen molar-refractivity contribution in [2.45, 2.75) is 11.8 Å². The Morgan fingerprint density at radius 3 is 2.69 bits per heavy atom. The van der Waals surface area contributed by atoms with Gasteiger partial charge in [-0.1, -0.05) is 12.1 Å². The number of phenols is 1. The van der Waals surface area contributed by atoms with Crippen molar-refractivity contribution in [3.63, 3.8) is 0 Å². The molecule has 0 unspecified atom stereocenters. The van der Waals surface area contributed by atoms with E-state index in [1.165, 1.54) is 0 Å². The zero-order valence-corrected chi connectivity index (χ0v) is 8.18. The third-order valence-electron chi connectivity index (χ3n) is 2.24. The number of benzene rings is 2. The first-order valence-electron chi connectivity index (χ1n) is 4.10. The number of rotatable bonds is 0. The summed E-state index contributed by atoms with van der Waals surface area (Å²) in [7, 11) is 0. The first kappa shape index (κ1) is 8.45. The second-order valence-corrected chi connectivity index (χ2v) is 3.63. The number of aryl methyl sites for hydroxylation is 1. The summed E-state index contributed by atoms with van der Waals surface area (Å²) in [5.41, 5.74) is 0.922. The maximum atomic E-state index is 9.47. The zero-order valence-electron chi connectivity index (χ0n) is 7.28. The summed E-state index contributed by atoms with van der Waals surface area (Å²) in [5.74, 6) is 0.347. The molecule has 1 N–H and O–H groups in total. The van der Waals surface area contributed by atoms with Gasteiger partial charge in [0.2, 0.25) is 0 Å². The summed E-state index contributed by atoms with van der Waals surface area (Å²) in [6, 6.07) is 9.51. The Morgan fingerprint density at radius 2 is 1.92 bits per heavy atom. The Labute approximate surface area is 82.4 Å². The molecule has 0 bridgehead atoms. The quantitative estimate of drug-likeness (QED) is 0.611. The lowest BCUT2D eigenvalue weighted by atomic mass is 10.1. The summed E-state index contributed by atoms with van der Waals surface area (Å²) in [4.78, 5) is 0.942. The molecule has 0 spiro atoms. The molecule has 0 fully saturated rings. The summed E-state index contributed by atoms with van der Waals surface area (Å²) in [5, 5.41) is 11.7. The minimum atomic E-state index is 0.347. The molecule has 0 aromatic heterocycles. The summed E-state index contributed by atoms with van der Waals surface area (Å²) in [6.07, 6.45) is 0. The molecule has 1 nitrogen and oxygen atoms in total. The van der Waals surface area contributed by atoms with Gasteiger partial charge in [-0.2, -0.15) is 0 Å². The third kappa shape index (κ3) is 1.38. The number of fused-ring (bicyclic) bond motifs is 1. The van der Waals surface area contributed by atoms with Gasteiger partial charge in [-0.3, -0.25) is 0 Å². The van der Waals surface area contributed by atoms with Crippen molar-refractivity contribution in [2.75, 3.05) is 0 Å². The highest BCUT2D eigenvalue weighted by molar-refractivity contribution is 7.80. The Morgan fingerprint density at radius 1 is 1.15 bits per heavy atom. The number of aromatic hydroxyl groups is 1. The van der Waals surface area contributed by atoms with Gasteiger partial charge in [-0.05, 0) is 41.5 Å². The fourth-order valence-electron chi connectivity index (χ4n) is 1.46. The molecule has 0 amide bonds. The predicted octanol–water partition coefficient (Wildman–Crippen LogP) is 3.14. The molecular weight excluding hydrogens is 180 g/mol. The molecule has 0 atom stereocenters. The smallest absolute Gasteiger partial charge is 0.119 e. The maximum Gasteiger partial charge on any atom is 0.119 e. The molecule has 0 saturated carbocycles. The number of thiol groups is 1. The van der Waals surface area contributed by atoms with E-state index in [9.17, 15) is 5.11 Å². The van der Waals surface area contributed by atoms with Crippen LogP contribution in [0, 0.1) is 6.92 Å². The normalized spacial score (nSPS) is 10.6. The van der Waals surface area contributed by atoms with Gasteiger partial charge in [0.1, 0.15) is 5.75 Å². The van der Waals surface area contributed by atoms with Crippen LogP contribution in [-0.2, 0) is 0 Å². The highest BCUT2D eigenvalue weighted by Crippen LogP contribution is 2.27. The highest BCUT2D eigenvalue weighted by atomic mass is 32.1. The Hall–Kier alpha value is -1.15. The van der Waals surface area contributed by atoms with Crippen LogP contribution in [0.25, 0.3) is 10.8 Å². The molecule has 66 valence electrons. The molecule has 0 radical (unpaired) electrons. The van der Waals surface area contributed by atoms with Crippen LogP contribution in [-0.4, -0.2) is 5.11 Å². The van der Waals surface area contributed by atoms with Crippen LogP contribution in [0.1, 0.15) is 5.56 Å². The third-order valence-corrected chi connectivity index (χ3v) is 2.52. The van der Waals surface area contributed by atoms with Crippen LogP contribution < -0.4 is 0 Å². The second kappa shape index (κ2) is 2.96. The molecule has 0 aliphatic heterocycles. The van der Waals surface area contributed by atoms with Crippen molar-refractivity contribution < 1.29 is 5.11 Å². The van der Waals surface area contributed by atoms with Gasteiger partial charge < -0.3 is 5.11 Å². The van der Waals surface area contributed by atoms with Gasteiger partial charge >= 0.3 is 0 Å². The van der Waals surface area contributed by atoms with Crippen LogP contribution in [0.2, 0.25) is 0 Å². The van der Waals surface area contributed by atoms with Crippen molar-refractivity contribution >= 4 is 23.4 Å². The van der Waals surface area contributed by atoms with Gasteiger partial charge in [0.15, 0.2) is 0 Å². The topological polar surface area (TPSA) is 20.2 Å². The molecule has 13 heavy (non-hydrogen) atoms. The molecule has 0 heterocycles. The number of hydrogen-bond acceptors (Lipinski definition) is 2. The zero-order chi connectivity index (χ0) is 9.42. The summed E-state index contributed by atoms with van der Waals surface area (Å²) < 4.78 is 0. The fraction of sp³-hybridized carbons (Fsp3) is 0.0909. The first-order valence-corrected chi connectivity index (χ1v) is 4.54. The van der Waals surface area contributed by atoms with E-state index in [-0.39, 0.29) is 0 Å². The van der Waals surface area contributed by atoms with Crippen molar-refractivity contribution in [3.8, 4) is 5.75 Å². The Bertz CT molecular complexity index is 463. The number of phenolic OH excluding ortho intramolecular Hbond substituents is 1. The first-order chi connectivity index (χ1) is 6.18. The van der Waals surface area contributed by atoms with Gasteiger partial charge in [-0.25, -0.2) is 0 Å². The van der Waals surface area contributed by atoms with E-state index < -0.39 is 0 Å². The van der Waals surface area contributed by atoms with Crippen LogP contribution >= 0.6 is 12.6 Å². The SMILES string of the molecule is Cc1c(O)ccc2cc(S)ccc12. The van der Waals surface area contributed by atoms with Gasteiger partial charge in [-0.15, -0.1) is 12.6 Å². The van der Waals surface area contributed by atoms with E-state index in [0.29, 0.717) is 5.75 Å². The van der Waals surface area contributed by atoms with Crippen LogP contribution in [0.15, 0.2) is 35.2 Å². The Kier molecular flexibility index (Phi) is 1.93. The van der Waals surface area contributed by atoms with E-state index in [0.717, 1.165) is 21.2 Å². The van der Waals surface area contributed by atoms with E-state index >= 15 is 0 Å². The lowest BCUT2D eigenvalue weighted by Crippen LogP contribution is -1.79. The lowest BCUT2D eigenvalue weighted by molar-refractivity contribution is 0.472. The average Bonchev–Trinajstić information content (AvgIpc) is 2.12. The molecule has 2 aromatic rings. The van der Waals surface area contributed by atoms with Crippen LogP contribution in [0.3, 0.4) is 0 Å². The maximum absolute atomic E-state index is 9.47. The molecule has 2 rings (SSSR count). The molecule has 2 aromatic carbocycles. The number of hydrogen-bond donors (Lipinski definition) is 2. The molecule has 2 heteroatoms. The fourth-order valence-corrected chi connectivity index (χ4v) is 1.67. The van der Waals surface area contributed by atoms with Crippen molar-refractivity contribution in [2.24, 2.45) is 0 Å². The van der Waals surface area contributed by atoms with Crippen molar-refractivity contribution in [1.29, 1.82) is 0 Å². The average molecular weight is 190 g/mol. The summed E-state index contributed by atoms with van der Waals surface area (Å²) >= 11 is 4.26. The predicted molar refractivity (Wildman–Crippen MR) is 57.6 cm³/mol. The van der Waals surface area contributed by atoms with E-state index in [4.69, 9.17) is 0 Å². The van der Waals surface area contributed by atoms with E-state index in [2.05, 4.69) is 12.6 Å². The van der Waals surface area contributed by atoms with E-state index in [1.54, 1.807) is 6.07 Å². The van der Waals surface area contributed by atoms with Crippen LogP contribution in [0.4, 0.5) is 0 Å². The summed E-state index contributed by atoms with van der Waals surface area (Å²) in [6.45, 7) is 1.91. The lowest BCUT2D eigenvalue weighted by Gasteiger charge is -2.04. The van der Waals surface area contributed by atoms with Crippen molar-refractivity contribution in [3.05, 3.63) is 35.9 Å². The molecular formula is C11H10OS. The van der Waals surface area contributed by atoms with Gasteiger partial charge in [0.25, 0.3) is 0 Å². The second-order valence-electron chi connectivity index (χ2n) is 3.12. The highest BCUT2D eigenvalue weighted by Gasteiger charge is 2.01. The standard InChI is InChI=1S/C11H10OS/c1-7-10-4-3-9(13)6-8(10)2-5-11(7)12/h2-6,12-13H,1H3. The van der Waals surface area contributed by atoms with Gasteiger partial charge in [0.05, 0.1) is 0 Å². The largest absolute Gasteiger partial charge is 0.508 e. The molecule has 0 saturated heterocycles. The van der Waals surface area contributed by atoms with E-state index in [1.807, 2.05) is 31.2 Å².